The first-order valence-electron chi connectivity index (χ1n) is 6.17. The molecule has 2 aromatic carbocycles. The normalized spacial score (nSPS) is 10.3. The van der Waals surface area contributed by atoms with Crippen molar-refractivity contribution >= 4 is 11.8 Å². The van der Waals surface area contributed by atoms with Crippen LogP contribution in [0.1, 0.15) is 24.2 Å². The zero-order valence-corrected chi connectivity index (χ0v) is 11.4. The molecule has 0 amide bonds. The van der Waals surface area contributed by atoms with Gasteiger partial charge in [0.1, 0.15) is 17.4 Å². The van der Waals surface area contributed by atoms with Gasteiger partial charge >= 0.3 is 5.97 Å². The van der Waals surface area contributed by atoms with E-state index in [-0.39, 0.29) is 22.7 Å². The molecule has 5 heteroatoms. The van der Waals surface area contributed by atoms with E-state index in [0.717, 1.165) is 12.1 Å². The molecule has 0 atom stereocenters. The number of carbonyl (C=O) groups is 2. The van der Waals surface area contributed by atoms with E-state index in [1.165, 1.54) is 38.1 Å². The van der Waals surface area contributed by atoms with Crippen LogP contribution in [0.3, 0.4) is 0 Å². The highest BCUT2D eigenvalue weighted by atomic mass is 19.1. The van der Waals surface area contributed by atoms with Gasteiger partial charge in [0.2, 0.25) is 0 Å². The van der Waals surface area contributed by atoms with Crippen LogP contribution in [-0.4, -0.2) is 11.8 Å². The number of benzene rings is 2. The highest BCUT2D eigenvalue weighted by Gasteiger charge is 2.14. The lowest BCUT2D eigenvalue weighted by Gasteiger charge is -2.10. The molecule has 0 unspecified atom stereocenters. The average Bonchev–Trinajstić information content (AvgIpc) is 2.38. The van der Waals surface area contributed by atoms with Crippen LogP contribution in [0.4, 0.5) is 8.78 Å². The number of rotatable bonds is 3. The summed E-state index contributed by atoms with van der Waals surface area (Å²) in [4.78, 5) is 22.6. The summed E-state index contributed by atoms with van der Waals surface area (Å²) in [5.41, 5.74) is 0.716. The van der Waals surface area contributed by atoms with E-state index in [9.17, 15) is 18.4 Å². The zero-order valence-electron chi connectivity index (χ0n) is 11.4. The van der Waals surface area contributed by atoms with Crippen LogP contribution in [0.5, 0.6) is 5.75 Å². The predicted octanol–water partition coefficient (Wildman–Crippen LogP) is 3.76. The second-order valence-corrected chi connectivity index (χ2v) is 4.48. The second kappa shape index (κ2) is 5.83. The van der Waals surface area contributed by atoms with E-state index in [2.05, 4.69) is 0 Å². The molecule has 0 aliphatic rings. The number of ether oxygens (including phenoxy) is 1. The van der Waals surface area contributed by atoms with Crippen molar-refractivity contribution in [2.24, 2.45) is 0 Å². The Kier molecular flexibility index (Phi) is 4.12. The number of ketones is 1. The second-order valence-electron chi connectivity index (χ2n) is 4.48. The van der Waals surface area contributed by atoms with Crippen LogP contribution in [0, 0.1) is 11.6 Å². The van der Waals surface area contributed by atoms with Crippen molar-refractivity contribution < 1.29 is 23.1 Å². The minimum atomic E-state index is -0.732. The van der Waals surface area contributed by atoms with Gasteiger partial charge in [-0.1, -0.05) is 6.07 Å². The molecule has 21 heavy (non-hydrogen) atoms. The molecule has 0 aliphatic heterocycles. The Morgan fingerprint density at radius 2 is 1.71 bits per heavy atom. The Morgan fingerprint density at radius 1 is 1.00 bits per heavy atom. The van der Waals surface area contributed by atoms with E-state index in [4.69, 9.17) is 4.74 Å². The molecular formula is C16H12F2O3. The van der Waals surface area contributed by atoms with Gasteiger partial charge in [0.25, 0.3) is 0 Å². The number of esters is 1. The van der Waals surface area contributed by atoms with Crippen LogP contribution in [0.15, 0.2) is 36.4 Å². The Morgan fingerprint density at radius 3 is 2.29 bits per heavy atom. The quantitative estimate of drug-likeness (QED) is 0.491. The summed E-state index contributed by atoms with van der Waals surface area (Å²) >= 11 is 0. The summed E-state index contributed by atoms with van der Waals surface area (Å²) in [5, 5.41) is 0. The number of halogens is 2. The molecule has 0 saturated heterocycles. The maximum Gasteiger partial charge on any atom is 0.308 e. The van der Waals surface area contributed by atoms with Crippen molar-refractivity contribution in [2.45, 2.75) is 13.8 Å². The fourth-order valence-corrected chi connectivity index (χ4v) is 1.94. The highest BCUT2D eigenvalue weighted by molar-refractivity contribution is 5.98. The summed E-state index contributed by atoms with van der Waals surface area (Å²) in [5.74, 6) is -2.18. The number of hydrogen-bond acceptors (Lipinski definition) is 3. The highest BCUT2D eigenvalue weighted by Crippen LogP contribution is 2.29. The van der Waals surface area contributed by atoms with Crippen molar-refractivity contribution in [1.29, 1.82) is 0 Å². The topological polar surface area (TPSA) is 43.4 Å². The lowest BCUT2D eigenvalue weighted by Crippen LogP contribution is -2.06. The molecule has 2 rings (SSSR count). The summed E-state index contributed by atoms with van der Waals surface area (Å²) in [7, 11) is 0. The van der Waals surface area contributed by atoms with Gasteiger partial charge in [-0.3, -0.25) is 9.59 Å². The fourth-order valence-electron chi connectivity index (χ4n) is 1.94. The molecular weight excluding hydrogens is 278 g/mol. The molecule has 0 bridgehead atoms. The maximum absolute atomic E-state index is 13.8. The van der Waals surface area contributed by atoms with Gasteiger partial charge in [-0.2, -0.15) is 0 Å². The van der Waals surface area contributed by atoms with Gasteiger partial charge in [-0.25, -0.2) is 8.78 Å². The molecule has 0 saturated carbocycles. The van der Waals surface area contributed by atoms with Crippen molar-refractivity contribution in [3.63, 3.8) is 0 Å². The first-order chi connectivity index (χ1) is 9.88. The number of Topliss-reactive ketones (excluding diaryl/α,β-unsaturated/α-hetero) is 1. The third kappa shape index (κ3) is 3.31. The molecule has 2 aromatic rings. The molecule has 0 fully saturated rings. The maximum atomic E-state index is 13.8. The van der Waals surface area contributed by atoms with Crippen LogP contribution in [-0.2, 0) is 4.79 Å². The third-order valence-electron chi connectivity index (χ3n) is 2.85. The van der Waals surface area contributed by atoms with Gasteiger partial charge in [0.05, 0.1) is 5.56 Å². The summed E-state index contributed by atoms with van der Waals surface area (Å²) in [6.45, 7) is 2.53. The van der Waals surface area contributed by atoms with E-state index in [0.29, 0.717) is 5.56 Å². The summed E-state index contributed by atoms with van der Waals surface area (Å²) in [6.07, 6.45) is 0. The van der Waals surface area contributed by atoms with Crippen LogP contribution >= 0.6 is 0 Å². The Hall–Kier alpha value is -2.56. The summed E-state index contributed by atoms with van der Waals surface area (Å²) < 4.78 is 31.6. The first-order valence-corrected chi connectivity index (χ1v) is 6.17. The van der Waals surface area contributed by atoms with Crippen LogP contribution in [0.2, 0.25) is 0 Å². The van der Waals surface area contributed by atoms with Crippen LogP contribution in [0.25, 0.3) is 11.1 Å². The van der Waals surface area contributed by atoms with Crippen molar-refractivity contribution in [3.8, 4) is 16.9 Å². The third-order valence-corrected chi connectivity index (χ3v) is 2.85. The van der Waals surface area contributed by atoms with Gasteiger partial charge < -0.3 is 4.74 Å². The molecule has 0 radical (unpaired) electrons. The molecule has 108 valence electrons. The van der Waals surface area contributed by atoms with Gasteiger partial charge in [-0.15, -0.1) is 0 Å². The minimum absolute atomic E-state index is 0.112. The van der Waals surface area contributed by atoms with E-state index >= 15 is 0 Å². The fraction of sp³-hybridized carbons (Fsp3) is 0.125. The molecule has 0 aromatic heterocycles. The van der Waals surface area contributed by atoms with Crippen molar-refractivity contribution in [3.05, 3.63) is 53.6 Å². The first kappa shape index (κ1) is 14.8. The van der Waals surface area contributed by atoms with Gasteiger partial charge in [0, 0.05) is 18.6 Å². The molecule has 0 heterocycles. The molecule has 0 N–H and O–H groups in total. The lowest BCUT2D eigenvalue weighted by molar-refractivity contribution is -0.131. The van der Waals surface area contributed by atoms with E-state index in [1.54, 1.807) is 0 Å². The zero-order chi connectivity index (χ0) is 15.6. The van der Waals surface area contributed by atoms with Gasteiger partial charge in [-0.05, 0) is 36.8 Å². The van der Waals surface area contributed by atoms with Crippen LogP contribution < -0.4 is 4.74 Å². The van der Waals surface area contributed by atoms with Gasteiger partial charge in [0.15, 0.2) is 5.78 Å². The number of carbonyl (C=O) groups excluding carboxylic acids is 2. The predicted molar refractivity (Wildman–Crippen MR) is 73.1 cm³/mol. The van der Waals surface area contributed by atoms with E-state index < -0.39 is 17.6 Å². The molecule has 0 aliphatic carbocycles. The standard InChI is InChI=1S/C16H12F2O3/c1-9(19)14-7-11(3-6-16(14)21-10(2)20)13-5-4-12(17)8-15(13)18/h3-8H,1-2H3. The minimum Gasteiger partial charge on any atom is -0.426 e. The molecule has 0 spiro atoms. The number of hydrogen-bond donors (Lipinski definition) is 0. The largest absolute Gasteiger partial charge is 0.426 e. The SMILES string of the molecule is CC(=O)Oc1ccc(-c2ccc(F)cc2F)cc1C(C)=O. The smallest absolute Gasteiger partial charge is 0.308 e. The van der Waals surface area contributed by atoms with E-state index in [1.807, 2.05) is 0 Å². The van der Waals surface area contributed by atoms with Crippen molar-refractivity contribution in [2.75, 3.05) is 0 Å². The monoisotopic (exact) mass is 290 g/mol. The Balaban J connectivity index is 2.53. The Bertz CT molecular complexity index is 723. The molecule has 3 nitrogen and oxygen atoms in total. The Labute approximate surface area is 120 Å². The van der Waals surface area contributed by atoms with Crippen molar-refractivity contribution in [1.82, 2.24) is 0 Å². The average molecular weight is 290 g/mol. The summed E-state index contributed by atoms with van der Waals surface area (Å²) in [6, 6.07) is 7.51. The lowest BCUT2D eigenvalue weighted by atomic mass is 10.0.